The van der Waals surface area contributed by atoms with Crippen molar-refractivity contribution in [1.29, 1.82) is 0 Å². The molecule has 0 aliphatic rings. The number of aromatic amines is 1. The molecule has 1 aromatic heterocycles. The van der Waals surface area contributed by atoms with Crippen LogP contribution in [0.15, 0.2) is 94.7 Å². The zero-order chi connectivity index (χ0) is 26.2. The molecule has 0 atom stereocenters. The van der Waals surface area contributed by atoms with Gasteiger partial charge in [0.2, 0.25) is 0 Å². The summed E-state index contributed by atoms with van der Waals surface area (Å²) >= 11 is 0. The molecule has 4 rings (SSSR count). The van der Waals surface area contributed by atoms with E-state index in [1.54, 1.807) is 31.4 Å². The summed E-state index contributed by atoms with van der Waals surface area (Å²) in [6.45, 7) is 2.33. The van der Waals surface area contributed by atoms with E-state index in [-0.39, 0.29) is 17.9 Å². The van der Waals surface area contributed by atoms with Crippen molar-refractivity contribution < 1.29 is 14.3 Å². The second-order valence-corrected chi connectivity index (χ2v) is 8.69. The van der Waals surface area contributed by atoms with Gasteiger partial charge in [0.25, 0.3) is 5.56 Å². The van der Waals surface area contributed by atoms with E-state index in [4.69, 9.17) is 14.5 Å². The van der Waals surface area contributed by atoms with Crippen LogP contribution in [0.25, 0.3) is 5.69 Å². The Morgan fingerprint density at radius 1 is 0.919 bits per heavy atom. The molecule has 0 saturated heterocycles. The normalized spacial score (nSPS) is 11.5. The van der Waals surface area contributed by atoms with Crippen molar-refractivity contribution in [2.75, 3.05) is 20.8 Å². The van der Waals surface area contributed by atoms with Crippen molar-refractivity contribution in [2.45, 2.75) is 25.7 Å². The van der Waals surface area contributed by atoms with Gasteiger partial charge in [-0.25, -0.2) is 4.68 Å². The highest BCUT2D eigenvalue weighted by Gasteiger charge is 2.21. The molecule has 0 aliphatic carbocycles. The van der Waals surface area contributed by atoms with Crippen LogP contribution < -0.4 is 10.3 Å². The fraction of sp³-hybridized carbons (Fsp3) is 0.233. The molecule has 0 bridgehead atoms. The molecule has 0 amide bonds. The Morgan fingerprint density at radius 2 is 1.51 bits per heavy atom. The van der Waals surface area contributed by atoms with Gasteiger partial charge in [-0.1, -0.05) is 60.7 Å². The maximum Gasteiger partial charge on any atom is 0.311 e. The number of hydrogen-bond acceptors (Lipinski definition) is 5. The molecule has 0 unspecified atom stereocenters. The number of methoxy groups -OCH3 is 2. The summed E-state index contributed by atoms with van der Waals surface area (Å²) in [5, 5.41) is 3.08. The van der Waals surface area contributed by atoms with Gasteiger partial charge in [0, 0.05) is 18.2 Å². The first kappa shape index (κ1) is 25.7. The second kappa shape index (κ2) is 12.0. The standard InChI is InChI=1S/C30H31N3O4/c1-21(31-19-18-26(22-10-6-4-7-11-22)23-12-8-5-9-13-23)29-27(20-28(34)37-3)32-33(30(29)35)24-14-16-25(36-2)17-15-24/h4-17,26,32H,18-20H2,1-3H3. The first-order valence-corrected chi connectivity index (χ1v) is 12.2. The number of ether oxygens (including phenoxy) is 2. The fourth-order valence-electron chi connectivity index (χ4n) is 4.45. The lowest BCUT2D eigenvalue weighted by Crippen LogP contribution is -2.20. The van der Waals surface area contributed by atoms with Gasteiger partial charge in [-0.2, -0.15) is 0 Å². The van der Waals surface area contributed by atoms with Crippen LogP contribution in [-0.2, 0) is 16.0 Å². The number of carbonyl (C=O) groups is 1. The van der Waals surface area contributed by atoms with E-state index in [1.165, 1.54) is 22.9 Å². The number of nitrogens with zero attached hydrogens (tertiary/aromatic N) is 2. The molecule has 0 aliphatic heterocycles. The third kappa shape index (κ3) is 6.06. The molecule has 4 aromatic rings. The second-order valence-electron chi connectivity index (χ2n) is 8.69. The number of aromatic nitrogens is 2. The summed E-state index contributed by atoms with van der Waals surface area (Å²) < 4.78 is 11.5. The van der Waals surface area contributed by atoms with Crippen LogP contribution in [0.4, 0.5) is 0 Å². The van der Waals surface area contributed by atoms with Crippen LogP contribution in [0.5, 0.6) is 5.75 Å². The van der Waals surface area contributed by atoms with Gasteiger partial charge in [0.1, 0.15) is 5.75 Å². The lowest BCUT2D eigenvalue weighted by atomic mass is 9.88. The average Bonchev–Trinajstić information content (AvgIpc) is 3.27. The number of hydrogen-bond donors (Lipinski definition) is 1. The van der Waals surface area contributed by atoms with E-state index in [0.717, 1.165) is 6.42 Å². The number of benzene rings is 3. The molecule has 37 heavy (non-hydrogen) atoms. The molecule has 0 spiro atoms. The van der Waals surface area contributed by atoms with Gasteiger partial charge < -0.3 is 9.47 Å². The van der Waals surface area contributed by atoms with Crippen molar-refractivity contribution in [3.05, 3.63) is 118 Å². The van der Waals surface area contributed by atoms with Crippen molar-refractivity contribution in [2.24, 2.45) is 4.99 Å². The van der Waals surface area contributed by atoms with E-state index in [1.807, 2.05) is 43.3 Å². The summed E-state index contributed by atoms with van der Waals surface area (Å²) in [7, 11) is 2.91. The zero-order valence-electron chi connectivity index (χ0n) is 21.3. The van der Waals surface area contributed by atoms with Gasteiger partial charge in [-0.3, -0.25) is 19.7 Å². The van der Waals surface area contributed by atoms with Gasteiger partial charge in [0.05, 0.1) is 37.6 Å². The number of esters is 1. The third-order valence-electron chi connectivity index (χ3n) is 6.38. The van der Waals surface area contributed by atoms with E-state index in [2.05, 4.69) is 29.4 Å². The molecular weight excluding hydrogens is 466 g/mol. The Balaban J connectivity index is 1.64. The summed E-state index contributed by atoms with van der Waals surface area (Å²) in [5.41, 5.74) is 4.23. The highest BCUT2D eigenvalue weighted by molar-refractivity contribution is 6.00. The number of H-pyrrole nitrogens is 1. The number of carbonyl (C=O) groups excluding carboxylic acids is 1. The molecular formula is C30H31N3O4. The lowest BCUT2D eigenvalue weighted by molar-refractivity contribution is -0.139. The maximum atomic E-state index is 13.5. The van der Waals surface area contributed by atoms with Crippen LogP contribution in [0.3, 0.4) is 0 Å². The monoisotopic (exact) mass is 497 g/mol. The van der Waals surface area contributed by atoms with Gasteiger partial charge in [0.15, 0.2) is 0 Å². The van der Waals surface area contributed by atoms with Crippen LogP contribution in [0.1, 0.15) is 41.6 Å². The van der Waals surface area contributed by atoms with E-state index in [9.17, 15) is 9.59 Å². The predicted molar refractivity (Wildman–Crippen MR) is 145 cm³/mol. The quantitative estimate of drug-likeness (QED) is 0.249. The maximum absolute atomic E-state index is 13.5. The summed E-state index contributed by atoms with van der Waals surface area (Å²) in [5.74, 6) is 0.420. The Bertz CT molecular complexity index is 1370. The zero-order valence-corrected chi connectivity index (χ0v) is 21.3. The smallest absolute Gasteiger partial charge is 0.311 e. The SMILES string of the molecule is COC(=O)Cc1[nH]n(-c2ccc(OC)cc2)c(=O)c1C(C)=NCCC(c1ccccc1)c1ccccc1. The van der Waals surface area contributed by atoms with Crippen LogP contribution in [0, 0.1) is 0 Å². The lowest BCUT2D eigenvalue weighted by Gasteiger charge is -2.17. The molecule has 190 valence electrons. The number of aliphatic imine (C=N–C) groups is 1. The molecule has 0 radical (unpaired) electrons. The van der Waals surface area contributed by atoms with Crippen LogP contribution in [-0.4, -0.2) is 42.2 Å². The Labute approximate surface area is 216 Å². The summed E-state index contributed by atoms with van der Waals surface area (Å²) in [6, 6.07) is 27.8. The van der Waals surface area contributed by atoms with Crippen molar-refractivity contribution in [3.63, 3.8) is 0 Å². The minimum absolute atomic E-state index is 0.0618. The summed E-state index contributed by atoms with van der Waals surface area (Å²) in [4.78, 5) is 30.4. The Hall–Kier alpha value is -4.39. The first-order chi connectivity index (χ1) is 18.0. The van der Waals surface area contributed by atoms with Gasteiger partial charge in [-0.15, -0.1) is 0 Å². The Kier molecular flexibility index (Phi) is 8.36. The van der Waals surface area contributed by atoms with Gasteiger partial charge >= 0.3 is 5.97 Å². The third-order valence-corrected chi connectivity index (χ3v) is 6.38. The molecule has 1 N–H and O–H groups in total. The number of rotatable bonds is 10. The molecule has 7 heteroatoms. The summed E-state index contributed by atoms with van der Waals surface area (Å²) in [6.07, 6.45) is 0.711. The number of nitrogens with one attached hydrogen (secondary N) is 1. The molecule has 0 fully saturated rings. The fourth-order valence-corrected chi connectivity index (χ4v) is 4.45. The van der Waals surface area contributed by atoms with Crippen LogP contribution >= 0.6 is 0 Å². The minimum atomic E-state index is -0.439. The highest BCUT2D eigenvalue weighted by atomic mass is 16.5. The minimum Gasteiger partial charge on any atom is -0.497 e. The van der Waals surface area contributed by atoms with Crippen molar-refractivity contribution in [3.8, 4) is 11.4 Å². The predicted octanol–water partition coefficient (Wildman–Crippen LogP) is 4.92. The van der Waals surface area contributed by atoms with Gasteiger partial charge in [-0.05, 0) is 48.7 Å². The molecule has 1 heterocycles. The van der Waals surface area contributed by atoms with E-state index in [0.29, 0.717) is 35.0 Å². The van der Waals surface area contributed by atoms with E-state index < -0.39 is 5.97 Å². The molecule has 0 saturated carbocycles. The first-order valence-electron chi connectivity index (χ1n) is 12.2. The van der Waals surface area contributed by atoms with E-state index >= 15 is 0 Å². The highest BCUT2D eigenvalue weighted by Crippen LogP contribution is 2.28. The molecule has 7 nitrogen and oxygen atoms in total. The topological polar surface area (TPSA) is 85.7 Å². The van der Waals surface area contributed by atoms with Crippen molar-refractivity contribution in [1.82, 2.24) is 9.78 Å². The average molecular weight is 498 g/mol. The van der Waals surface area contributed by atoms with Crippen LogP contribution in [0.2, 0.25) is 0 Å². The van der Waals surface area contributed by atoms with Crippen molar-refractivity contribution >= 4 is 11.7 Å². The largest absolute Gasteiger partial charge is 0.497 e. The Morgan fingerprint density at radius 3 is 2.05 bits per heavy atom. The molecule has 3 aromatic carbocycles.